The third-order valence-corrected chi connectivity index (χ3v) is 3.39. The molecule has 1 amide bonds. The molecule has 0 aliphatic rings. The second-order valence-electron chi connectivity index (χ2n) is 4.80. The zero-order valence-corrected chi connectivity index (χ0v) is 13.0. The van der Waals surface area contributed by atoms with Gasteiger partial charge in [-0.1, -0.05) is 13.3 Å². The van der Waals surface area contributed by atoms with Crippen LogP contribution < -0.4 is 14.8 Å². The van der Waals surface area contributed by atoms with Crippen LogP contribution in [0.4, 0.5) is 0 Å². The van der Waals surface area contributed by atoms with Crippen LogP contribution >= 0.6 is 0 Å². The maximum absolute atomic E-state index is 12.2. The van der Waals surface area contributed by atoms with E-state index >= 15 is 0 Å². The number of rotatable bonds is 9. The molecule has 2 N–H and O–H groups in total. The second-order valence-corrected chi connectivity index (χ2v) is 4.80. The van der Waals surface area contributed by atoms with Gasteiger partial charge in [-0.15, -0.1) is 0 Å². The fraction of sp³-hybridized carbons (Fsp3) is 0.562. The summed E-state index contributed by atoms with van der Waals surface area (Å²) in [6.45, 7) is 5.15. The number of hydrogen-bond acceptors (Lipinski definition) is 4. The average Bonchev–Trinajstić information content (AvgIpc) is 2.51. The molecule has 0 bridgehead atoms. The monoisotopic (exact) mass is 295 g/mol. The molecule has 21 heavy (non-hydrogen) atoms. The van der Waals surface area contributed by atoms with Crippen molar-refractivity contribution >= 4 is 5.91 Å². The van der Waals surface area contributed by atoms with E-state index in [4.69, 9.17) is 14.6 Å². The number of benzene rings is 1. The van der Waals surface area contributed by atoms with E-state index < -0.39 is 0 Å². The molecule has 1 unspecified atom stereocenters. The standard InChI is InChI=1S/C16H25NO4/c1-4-12(8-9-18)11-17-16(19)13-6-7-14(20-3)15(10-13)21-5-2/h6-7,10,12,18H,4-5,8-9,11H2,1-3H3,(H,17,19). The van der Waals surface area contributed by atoms with Gasteiger partial charge in [-0.25, -0.2) is 0 Å². The first-order chi connectivity index (χ1) is 10.2. The molecule has 1 atom stereocenters. The zero-order valence-electron chi connectivity index (χ0n) is 13.0. The Morgan fingerprint density at radius 3 is 2.67 bits per heavy atom. The highest BCUT2D eigenvalue weighted by molar-refractivity contribution is 5.94. The van der Waals surface area contributed by atoms with Crippen molar-refractivity contribution < 1.29 is 19.4 Å². The summed E-state index contributed by atoms with van der Waals surface area (Å²) >= 11 is 0. The summed E-state index contributed by atoms with van der Waals surface area (Å²) in [6, 6.07) is 5.12. The Morgan fingerprint density at radius 2 is 2.10 bits per heavy atom. The van der Waals surface area contributed by atoms with Gasteiger partial charge in [0.15, 0.2) is 11.5 Å². The number of methoxy groups -OCH3 is 1. The predicted molar refractivity (Wildman–Crippen MR) is 82.0 cm³/mol. The van der Waals surface area contributed by atoms with Gasteiger partial charge in [0.25, 0.3) is 5.91 Å². The van der Waals surface area contributed by atoms with Gasteiger partial charge in [0, 0.05) is 18.7 Å². The van der Waals surface area contributed by atoms with Crippen molar-refractivity contribution in [2.24, 2.45) is 5.92 Å². The molecule has 0 saturated heterocycles. The lowest BCUT2D eigenvalue weighted by molar-refractivity contribution is 0.0943. The van der Waals surface area contributed by atoms with Crippen LogP contribution in [0.1, 0.15) is 37.0 Å². The average molecular weight is 295 g/mol. The molecule has 0 radical (unpaired) electrons. The molecule has 5 heteroatoms. The van der Waals surface area contributed by atoms with Gasteiger partial charge in [0.05, 0.1) is 13.7 Å². The van der Waals surface area contributed by atoms with E-state index in [1.807, 2.05) is 13.8 Å². The fourth-order valence-corrected chi connectivity index (χ4v) is 2.06. The number of nitrogens with one attached hydrogen (secondary N) is 1. The zero-order chi connectivity index (χ0) is 15.7. The van der Waals surface area contributed by atoms with Crippen LogP contribution in [0.5, 0.6) is 11.5 Å². The predicted octanol–water partition coefficient (Wildman–Crippen LogP) is 2.23. The number of carbonyl (C=O) groups excluding carboxylic acids is 1. The smallest absolute Gasteiger partial charge is 0.251 e. The van der Waals surface area contributed by atoms with E-state index in [1.165, 1.54) is 0 Å². The van der Waals surface area contributed by atoms with Crippen molar-refractivity contribution in [3.63, 3.8) is 0 Å². The fourth-order valence-electron chi connectivity index (χ4n) is 2.06. The Morgan fingerprint density at radius 1 is 1.33 bits per heavy atom. The van der Waals surface area contributed by atoms with Gasteiger partial charge in [-0.2, -0.15) is 0 Å². The van der Waals surface area contributed by atoms with E-state index in [2.05, 4.69) is 5.32 Å². The van der Waals surface area contributed by atoms with Gasteiger partial charge < -0.3 is 19.9 Å². The SMILES string of the molecule is CCOc1cc(C(=O)NCC(CC)CCO)ccc1OC. The van der Waals surface area contributed by atoms with Crippen molar-refractivity contribution in [2.75, 3.05) is 26.9 Å². The molecule has 0 aliphatic carbocycles. The Labute approximate surface area is 126 Å². The first-order valence-electron chi connectivity index (χ1n) is 7.36. The lowest BCUT2D eigenvalue weighted by Gasteiger charge is -2.15. The first kappa shape index (κ1) is 17.3. The van der Waals surface area contributed by atoms with E-state index in [1.54, 1.807) is 25.3 Å². The molecule has 1 aromatic carbocycles. The number of aliphatic hydroxyl groups excluding tert-OH is 1. The highest BCUT2D eigenvalue weighted by Gasteiger charge is 2.13. The van der Waals surface area contributed by atoms with Crippen LogP contribution in [0.3, 0.4) is 0 Å². The molecule has 0 saturated carbocycles. The summed E-state index contributed by atoms with van der Waals surface area (Å²) in [6.07, 6.45) is 1.62. The van der Waals surface area contributed by atoms with E-state index in [0.717, 1.165) is 6.42 Å². The Balaban J connectivity index is 2.71. The largest absolute Gasteiger partial charge is 0.493 e. The maximum Gasteiger partial charge on any atom is 0.251 e. The van der Waals surface area contributed by atoms with E-state index in [-0.39, 0.29) is 12.5 Å². The molecule has 1 aromatic rings. The van der Waals surface area contributed by atoms with Crippen LogP contribution in [-0.4, -0.2) is 37.9 Å². The molecule has 0 spiro atoms. The van der Waals surface area contributed by atoms with Gasteiger partial charge in [0.2, 0.25) is 0 Å². The summed E-state index contributed by atoms with van der Waals surface area (Å²) in [5, 5.41) is 11.9. The van der Waals surface area contributed by atoms with Gasteiger partial charge >= 0.3 is 0 Å². The number of carbonyl (C=O) groups is 1. The van der Waals surface area contributed by atoms with E-state index in [0.29, 0.717) is 42.6 Å². The van der Waals surface area contributed by atoms with Gasteiger partial charge in [-0.3, -0.25) is 4.79 Å². The quantitative estimate of drug-likeness (QED) is 0.733. The number of aliphatic hydroxyl groups is 1. The molecule has 118 valence electrons. The minimum absolute atomic E-state index is 0.144. The normalized spacial score (nSPS) is 11.8. The molecule has 5 nitrogen and oxygen atoms in total. The summed E-state index contributed by atoms with van der Waals surface area (Å²) in [4.78, 5) is 12.2. The summed E-state index contributed by atoms with van der Waals surface area (Å²) in [5.41, 5.74) is 0.540. The van der Waals surface area contributed by atoms with Crippen molar-refractivity contribution in [3.05, 3.63) is 23.8 Å². The summed E-state index contributed by atoms with van der Waals surface area (Å²) in [7, 11) is 1.57. The molecule has 0 aromatic heterocycles. The second kappa shape index (κ2) is 9.23. The van der Waals surface area contributed by atoms with Crippen molar-refractivity contribution in [2.45, 2.75) is 26.7 Å². The topological polar surface area (TPSA) is 67.8 Å². The first-order valence-corrected chi connectivity index (χ1v) is 7.36. The van der Waals surface area contributed by atoms with Crippen LogP contribution in [-0.2, 0) is 0 Å². The highest BCUT2D eigenvalue weighted by atomic mass is 16.5. The van der Waals surface area contributed by atoms with Crippen molar-refractivity contribution in [3.8, 4) is 11.5 Å². The van der Waals surface area contributed by atoms with Crippen LogP contribution in [0.2, 0.25) is 0 Å². The third-order valence-electron chi connectivity index (χ3n) is 3.39. The minimum Gasteiger partial charge on any atom is -0.493 e. The minimum atomic E-state index is -0.144. The Kier molecular flexibility index (Phi) is 7.61. The van der Waals surface area contributed by atoms with Crippen LogP contribution in [0, 0.1) is 5.92 Å². The van der Waals surface area contributed by atoms with Gasteiger partial charge in [0.1, 0.15) is 0 Å². The van der Waals surface area contributed by atoms with E-state index in [9.17, 15) is 4.79 Å². The lowest BCUT2D eigenvalue weighted by atomic mass is 10.0. The molecule has 0 aliphatic heterocycles. The Hall–Kier alpha value is -1.75. The van der Waals surface area contributed by atoms with Crippen LogP contribution in [0.25, 0.3) is 0 Å². The molecular formula is C16H25NO4. The van der Waals surface area contributed by atoms with Crippen molar-refractivity contribution in [1.29, 1.82) is 0 Å². The van der Waals surface area contributed by atoms with Crippen molar-refractivity contribution in [1.82, 2.24) is 5.32 Å². The highest BCUT2D eigenvalue weighted by Crippen LogP contribution is 2.28. The third kappa shape index (κ3) is 5.27. The maximum atomic E-state index is 12.2. The Bertz CT molecular complexity index is 448. The molecule has 0 heterocycles. The number of ether oxygens (including phenoxy) is 2. The summed E-state index contributed by atoms with van der Waals surface area (Å²) in [5.74, 6) is 1.33. The summed E-state index contributed by atoms with van der Waals surface area (Å²) < 4.78 is 10.7. The number of amides is 1. The molecule has 0 fully saturated rings. The molecular weight excluding hydrogens is 270 g/mol. The van der Waals surface area contributed by atoms with Gasteiger partial charge in [-0.05, 0) is 37.5 Å². The molecule has 1 rings (SSSR count). The van der Waals surface area contributed by atoms with Crippen LogP contribution in [0.15, 0.2) is 18.2 Å². The lowest BCUT2D eigenvalue weighted by Crippen LogP contribution is -2.29. The number of hydrogen-bond donors (Lipinski definition) is 2.